The van der Waals surface area contributed by atoms with Gasteiger partial charge in [-0.1, -0.05) is 21.6 Å². The maximum atomic E-state index is 12.5. The van der Waals surface area contributed by atoms with Crippen LogP contribution >= 0.6 is 21.6 Å². The average Bonchev–Trinajstić information content (AvgIpc) is 2.84. The Labute approximate surface area is 216 Å². The van der Waals surface area contributed by atoms with E-state index in [1.54, 1.807) is 0 Å². The number of aliphatic carboxylic acids is 2. The van der Waals surface area contributed by atoms with Crippen LogP contribution in [0.1, 0.15) is 0 Å². The minimum Gasteiger partial charge on any atom is -0.497 e. The number of hydrogen-bond acceptors (Lipinski definition) is 10. The summed E-state index contributed by atoms with van der Waals surface area (Å²) in [6.07, 6.45) is 0. The summed E-state index contributed by atoms with van der Waals surface area (Å²) < 4.78 is 64.2. The molecular weight excluding hydrogens is 556 g/mol. The number of rotatable bonds is 15. The molecule has 0 saturated heterocycles. The zero-order valence-electron chi connectivity index (χ0n) is 19.0. The summed E-state index contributed by atoms with van der Waals surface area (Å²) in [6, 6.07) is 7.64. The quantitative estimate of drug-likeness (QED) is 0.175. The third-order valence-corrected chi connectivity index (χ3v) is 9.88. The van der Waals surface area contributed by atoms with Crippen molar-refractivity contribution in [2.45, 2.75) is 21.9 Å². The summed E-state index contributed by atoms with van der Waals surface area (Å²) >= 11 is 0. The Morgan fingerprint density at radius 2 is 1.03 bits per heavy atom. The van der Waals surface area contributed by atoms with Crippen molar-refractivity contribution in [1.29, 1.82) is 0 Å². The summed E-state index contributed by atoms with van der Waals surface area (Å²) in [4.78, 5) is 22.8. The lowest BCUT2D eigenvalue weighted by Gasteiger charge is -2.16. The number of carbonyl (C=O) groups is 2. The molecule has 0 saturated carbocycles. The van der Waals surface area contributed by atoms with Crippen molar-refractivity contribution in [1.82, 2.24) is 9.44 Å². The van der Waals surface area contributed by atoms with E-state index < -0.39 is 44.1 Å². The fourth-order valence-corrected chi connectivity index (χ4v) is 7.46. The Balaban J connectivity index is 1.97. The molecule has 0 unspecified atom stereocenters. The molecule has 4 N–H and O–H groups in total. The fourth-order valence-electron chi connectivity index (χ4n) is 2.56. The van der Waals surface area contributed by atoms with Gasteiger partial charge in [0.1, 0.15) is 23.6 Å². The van der Waals surface area contributed by atoms with E-state index in [9.17, 15) is 36.6 Å². The molecule has 2 aromatic carbocycles. The molecule has 0 fully saturated rings. The van der Waals surface area contributed by atoms with E-state index in [1.165, 1.54) is 62.8 Å². The Kier molecular flexibility index (Phi) is 10.9. The molecule has 36 heavy (non-hydrogen) atoms. The van der Waals surface area contributed by atoms with Crippen LogP contribution in [0.15, 0.2) is 58.3 Å². The SMILES string of the molecule is COc1ccc(S(=O)(=O)N[C@@H](CSSC[C@H](NS(=O)(=O)c2ccc(OC)cc2)C(=O)O)C(=O)O)cc1. The normalized spacial score (nSPS) is 13.5. The van der Waals surface area contributed by atoms with Crippen LogP contribution in [-0.2, 0) is 29.6 Å². The fraction of sp³-hybridized carbons (Fsp3) is 0.300. The zero-order chi connectivity index (χ0) is 26.9. The molecule has 16 heteroatoms. The molecule has 0 aromatic heterocycles. The van der Waals surface area contributed by atoms with Crippen molar-refractivity contribution in [3.63, 3.8) is 0 Å². The Morgan fingerprint density at radius 3 is 1.28 bits per heavy atom. The van der Waals surface area contributed by atoms with Crippen LogP contribution in [-0.4, -0.2) is 76.8 Å². The predicted molar refractivity (Wildman–Crippen MR) is 134 cm³/mol. The minimum absolute atomic E-state index is 0.161. The van der Waals surface area contributed by atoms with E-state index in [1.807, 2.05) is 0 Å². The summed E-state index contributed by atoms with van der Waals surface area (Å²) in [5.41, 5.74) is 0. The van der Waals surface area contributed by atoms with Crippen LogP contribution < -0.4 is 18.9 Å². The molecule has 2 aromatic rings. The van der Waals surface area contributed by atoms with Crippen LogP contribution in [0.4, 0.5) is 0 Å². The van der Waals surface area contributed by atoms with E-state index in [0.717, 1.165) is 21.6 Å². The van der Waals surface area contributed by atoms with Crippen molar-refractivity contribution >= 4 is 53.6 Å². The Bertz CT molecular complexity index is 1150. The molecule has 12 nitrogen and oxygen atoms in total. The van der Waals surface area contributed by atoms with E-state index in [4.69, 9.17) is 9.47 Å². The number of nitrogens with one attached hydrogen (secondary N) is 2. The third-order valence-electron chi connectivity index (χ3n) is 4.48. The number of benzene rings is 2. The van der Waals surface area contributed by atoms with Crippen LogP contribution in [0.5, 0.6) is 11.5 Å². The van der Waals surface area contributed by atoms with Crippen LogP contribution in [0, 0.1) is 0 Å². The first-order valence-electron chi connectivity index (χ1n) is 9.92. The van der Waals surface area contributed by atoms with E-state index in [0.29, 0.717) is 11.5 Å². The van der Waals surface area contributed by atoms with Crippen molar-refractivity contribution < 1.29 is 46.1 Å². The van der Waals surface area contributed by atoms with Crippen LogP contribution in [0.2, 0.25) is 0 Å². The number of sulfonamides is 2. The zero-order valence-corrected chi connectivity index (χ0v) is 22.2. The lowest BCUT2D eigenvalue weighted by molar-refractivity contribution is -0.139. The summed E-state index contributed by atoms with van der Waals surface area (Å²) in [6.45, 7) is 0. The molecule has 2 atom stereocenters. The van der Waals surface area contributed by atoms with E-state index in [-0.39, 0.29) is 21.3 Å². The maximum absolute atomic E-state index is 12.5. The van der Waals surface area contributed by atoms with Gasteiger partial charge in [0, 0.05) is 11.5 Å². The van der Waals surface area contributed by atoms with Gasteiger partial charge in [-0.15, -0.1) is 0 Å². The molecule has 0 aliphatic rings. The van der Waals surface area contributed by atoms with Gasteiger partial charge in [-0.05, 0) is 48.5 Å². The second kappa shape index (κ2) is 13.2. The first kappa shape index (κ1) is 29.7. The molecule has 0 bridgehead atoms. The van der Waals surface area contributed by atoms with Gasteiger partial charge in [-0.25, -0.2) is 16.8 Å². The topological polar surface area (TPSA) is 185 Å². The summed E-state index contributed by atoms with van der Waals surface area (Å²) in [7, 11) is -3.74. The molecular formula is C20H24N2O10S4. The predicted octanol–water partition coefficient (Wildman–Crippen LogP) is 1.25. The van der Waals surface area contributed by atoms with E-state index in [2.05, 4.69) is 9.44 Å². The van der Waals surface area contributed by atoms with Gasteiger partial charge in [0.2, 0.25) is 20.0 Å². The van der Waals surface area contributed by atoms with Crippen LogP contribution in [0.25, 0.3) is 0 Å². The molecule has 0 radical (unpaired) electrons. The standard InChI is InChI=1S/C20H24N2O10S4/c1-31-13-3-7-15(8-4-13)35(27,28)21-17(19(23)24)11-33-34-12-18(20(25)26)22-36(29,30)16-9-5-14(32-2)6-10-16/h3-10,17-18,21-22H,11-12H2,1-2H3,(H,23,24)(H,25,26)/t17-,18-/m0/s1. The maximum Gasteiger partial charge on any atom is 0.322 e. The van der Waals surface area contributed by atoms with Gasteiger partial charge >= 0.3 is 11.9 Å². The number of carboxylic acids is 2. The third kappa shape index (κ3) is 8.56. The first-order chi connectivity index (χ1) is 16.9. The Morgan fingerprint density at radius 1 is 0.722 bits per heavy atom. The monoisotopic (exact) mass is 580 g/mol. The second-order valence-corrected chi connectivity index (χ2v) is 12.9. The molecule has 198 valence electrons. The average molecular weight is 581 g/mol. The molecule has 0 aliphatic carbocycles. The molecule has 0 spiro atoms. The molecule has 0 heterocycles. The number of methoxy groups -OCH3 is 2. The lowest BCUT2D eigenvalue weighted by Crippen LogP contribution is -2.43. The minimum atomic E-state index is -4.16. The highest BCUT2D eigenvalue weighted by Gasteiger charge is 2.28. The Hall–Kier alpha value is -2.50. The number of ether oxygens (including phenoxy) is 2. The smallest absolute Gasteiger partial charge is 0.322 e. The number of hydrogen-bond donors (Lipinski definition) is 4. The first-order valence-corrected chi connectivity index (χ1v) is 15.4. The number of carboxylic acid groups (broad SMARTS) is 2. The molecule has 0 aliphatic heterocycles. The van der Waals surface area contributed by atoms with Crippen molar-refractivity contribution in [3.8, 4) is 11.5 Å². The highest BCUT2D eigenvalue weighted by Crippen LogP contribution is 2.25. The van der Waals surface area contributed by atoms with Gasteiger partial charge in [0.05, 0.1) is 24.0 Å². The highest BCUT2D eigenvalue weighted by atomic mass is 33.1. The van der Waals surface area contributed by atoms with Crippen molar-refractivity contribution in [2.24, 2.45) is 0 Å². The van der Waals surface area contributed by atoms with Crippen molar-refractivity contribution in [3.05, 3.63) is 48.5 Å². The summed E-state index contributed by atoms with van der Waals surface area (Å²) in [5.74, 6) is -2.54. The molecule has 2 rings (SSSR count). The van der Waals surface area contributed by atoms with Gasteiger partial charge in [0.25, 0.3) is 0 Å². The lowest BCUT2D eigenvalue weighted by atomic mass is 10.3. The molecule has 0 amide bonds. The van der Waals surface area contributed by atoms with E-state index >= 15 is 0 Å². The van der Waals surface area contributed by atoms with Crippen molar-refractivity contribution in [2.75, 3.05) is 25.7 Å². The largest absolute Gasteiger partial charge is 0.497 e. The van der Waals surface area contributed by atoms with Crippen LogP contribution in [0.3, 0.4) is 0 Å². The van der Waals surface area contributed by atoms with Gasteiger partial charge in [-0.3, -0.25) is 9.59 Å². The highest BCUT2D eigenvalue weighted by molar-refractivity contribution is 8.76. The second-order valence-electron chi connectivity index (χ2n) is 6.94. The summed E-state index contributed by atoms with van der Waals surface area (Å²) in [5, 5.41) is 18.8. The van der Waals surface area contributed by atoms with Gasteiger partial charge in [0.15, 0.2) is 0 Å². The van der Waals surface area contributed by atoms with Gasteiger partial charge in [-0.2, -0.15) is 9.44 Å². The van der Waals surface area contributed by atoms with Gasteiger partial charge < -0.3 is 19.7 Å².